The monoisotopic (exact) mass is 281 g/mol. The van der Waals surface area contributed by atoms with Crippen LogP contribution in [0.25, 0.3) is 0 Å². The number of fused-ring (bicyclic) bond motifs is 1. The molecule has 0 fully saturated rings. The number of benzene rings is 1. The van der Waals surface area contributed by atoms with Gasteiger partial charge in [0.15, 0.2) is 5.78 Å². The minimum absolute atomic E-state index is 0.200. The molecule has 0 saturated heterocycles. The Labute approximate surface area is 125 Å². The molecule has 3 rings (SSSR count). The number of pyridine rings is 1. The van der Waals surface area contributed by atoms with Crippen molar-refractivity contribution in [1.29, 1.82) is 0 Å². The van der Waals surface area contributed by atoms with Crippen molar-refractivity contribution >= 4 is 5.78 Å². The van der Waals surface area contributed by atoms with Gasteiger partial charge in [0.1, 0.15) is 5.75 Å². The number of aromatic nitrogens is 1. The van der Waals surface area contributed by atoms with Crippen molar-refractivity contribution in [2.75, 3.05) is 6.61 Å². The van der Waals surface area contributed by atoms with Crippen LogP contribution in [0.15, 0.2) is 36.7 Å². The van der Waals surface area contributed by atoms with Crippen molar-refractivity contribution in [3.8, 4) is 5.75 Å². The van der Waals surface area contributed by atoms with Gasteiger partial charge in [-0.15, -0.1) is 0 Å². The van der Waals surface area contributed by atoms with Crippen LogP contribution in [0.1, 0.15) is 40.4 Å². The minimum Gasteiger partial charge on any atom is -0.493 e. The second-order valence-electron chi connectivity index (χ2n) is 5.35. The van der Waals surface area contributed by atoms with Crippen LogP contribution in [0, 0.1) is 0 Å². The van der Waals surface area contributed by atoms with Gasteiger partial charge >= 0.3 is 0 Å². The van der Waals surface area contributed by atoms with E-state index in [4.69, 9.17) is 4.74 Å². The van der Waals surface area contributed by atoms with Crippen LogP contribution in [0.3, 0.4) is 0 Å². The molecular formula is C18H19NO2. The average molecular weight is 281 g/mol. The van der Waals surface area contributed by atoms with E-state index in [0.717, 1.165) is 42.7 Å². The van der Waals surface area contributed by atoms with Crippen molar-refractivity contribution in [3.05, 3.63) is 58.9 Å². The van der Waals surface area contributed by atoms with Gasteiger partial charge in [0, 0.05) is 30.8 Å². The number of hydrogen-bond donors (Lipinski definition) is 0. The van der Waals surface area contributed by atoms with E-state index < -0.39 is 0 Å². The minimum atomic E-state index is 0.200. The number of hydrogen-bond acceptors (Lipinski definition) is 3. The molecule has 0 radical (unpaired) electrons. The van der Waals surface area contributed by atoms with E-state index in [-0.39, 0.29) is 5.78 Å². The molecule has 2 heterocycles. The number of ketones is 1. The molecule has 3 nitrogen and oxygen atoms in total. The Kier molecular flexibility index (Phi) is 4.00. The Morgan fingerprint density at radius 2 is 2.24 bits per heavy atom. The Balaban J connectivity index is 1.68. The van der Waals surface area contributed by atoms with Crippen LogP contribution in [-0.4, -0.2) is 17.4 Å². The summed E-state index contributed by atoms with van der Waals surface area (Å²) in [5.74, 6) is 1.19. The number of nitrogens with zero attached hydrogens (tertiary/aromatic N) is 1. The molecule has 1 aliphatic heterocycles. The first-order chi connectivity index (χ1) is 10.3. The van der Waals surface area contributed by atoms with Gasteiger partial charge in [0.2, 0.25) is 0 Å². The maximum absolute atomic E-state index is 12.4. The summed E-state index contributed by atoms with van der Waals surface area (Å²) in [6.07, 6.45) is 6.61. The molecule has 2 aromatic rings. The Morgan fingerprint density at radius 3 is 3.10 bits per heavy atom. The van der Waals surface area contributed by atoms with E-state index in [2.05, 4.69) is 17.1 Å². The van der Waals surface area contributed by atoms with Crippen LogP contribution >= 0.6 is 0 Å². The number of Topliss-reactive ketones (excluding diaryl/α,β-unsaturated/α-hetero) is 1. The molecule has 0 saturated carbocycles. The van der Waals surface area contributed by atoms with Gasteiger partial charge in [-0.2, -0.15) is 0 Å². The van der Waals surface area contributed by atoms with Crippen LogP contribution < -0.4 is 4.74 Å². The Bertz CT molecular complexity index is 664. The van der Waals surface area contributed by atoms with Gasteiger partial charge in [-0.25, -0.2) is 0 Å². The zero-order valence-electron chi connectivity index (χ0n) is 12.3. The third-order valence-electron chi connectivity index (χ3n) is 3.98. The highest BCUT2D eigenvalue weighted by Gasteiger charge is 2.14. The summed E-state index contributed by atoms with van der Waals surface area (Å²) in [6.45, 7) is 2.82. The lowest BCUT2D eigenvalue weighted by molar-refractivity contribution is 0.0982. The second kappa shape index (κ2) is 6.08. The van der Waals surface area contributed by atoms with E-state index in [9.17, 15) is 4.79 Å². The van der Waals surface area contributed by atoms with Gasteiger partial charge < -0.3 is 4.74 Å². The van der Waals surface area contributed by atoms with Crippen molar-refractivity contribution < 1.29 is 9.53 Å². The molecule has 3 heteroatoms. The smallest absolute Gasteiger partial charge is 0.163 e. The first-order valence-corrected chi connectivity index (χ1v) is 7.48. The second-order valence-corrected chi connectivity index (χ2v) is 5.35. The fraction of sp³-hybridized carbons (Fsp3) is 0.333. The van der Waals surface area contributed by atoms with Gasteiger partial charge in [-0.3, -0.25) is 9.78 Å². The normalized spacial score (nSPS) is 12.8. The molecule has 1 aromatic heterocycles. The van der Waals surface area contributed by atoms with Crippen LogP contribution in [-0.2, 0) is 19.3 Å². The molecule has 21 heavy (non-hydrogen) atoms. The summed E-state index contributed by atoms with van der Waals surface area (Å²) in [5, 5.41) is 0. The van der Waals surface area contributed by atoms with Gasteiger partial charge in [0.05, 0.1) is 6.61 Å². The van der Waals surface area contributed by atoms with E-state index >= 15 is 0 Å². The number of carbonyl (C=O) groups is 1. The fourth-order valence-corrected chi connectivity index (χ4v) is 2.77. The van der Waals surface area contributed by atoms with Crippen molar-refractivity contribution in [3.63, 3.8) is 0 Å². The molecule has 108 valence electrons. The summed E-state index contributed by atoms with van der Waals surface area (Å²) in [7, 11) is 0. The number of aryl methyl sites for hydroxylation is 2. The Morgan fingerprint density at radius 1 is 1.33 bits per heavy atom. The third-order valence-corrected chi connectivity index (χ3v) is 3.98. The molecule has 1 aliphatic rings. The van der Waals surface area contributed by atoms with Crippen LogP contribution in [0.2, 0.25) is 0 Å². The highest BCUT2D eigenvalue weighted by Crippen LogP contribution is 2.26. The predicted octanol–water partition coefficient (Wildman–Crippen LogP) is 3.39. The van der Waals surface area contributed by atoms with E-state index in [0.29, 0.717) is 6.42 Å². The molecule has 0 unspecified atom stereocenters. The lowest BCUT2D eigenvalue weighted by Crippen LogP contribution is -2.05. The predicted molar refractivity (Wildman–Crippen MR) is 81.9 cm³/mol. The quantitative estimate of drug-likeness (QED) is 0.789. The molecule has 0 bridgehead atoms. The lowest BCUT2D eigenvalue weighted by Gasteiger charge is -2.07. The zero-order valence-corrected chi connectivity index (χ0v) is 12.3. The van der Waals surface area contributed by atoms with Crippen molar-refractivity contribution in [1.82, 2.24) is 4.98 Å². The molecule has 0 amide bonds. The Hall–Kier alpha value is -2.16. The molecule has 1 aromatic carbocycles. The van der Waals surface area contributed by atoms with Crippen LogP contribution in [0.5, 0.6) is 5.75 Å². The summed E-state index contributed by atoms with van der Waals surface area (Å²) < 4.78 is 5.50. The summed E-state index contributed by atoms with van der Waals surface area (Å²) in [4.78, 5) is 16.5. The van der Waals surface area contributed by atoms with E-state index in [1.807, 2.05) is 19.1 Å². The number of ether oxygens (including phenoxy) is 1. The summed E-state index contributed by atoms with van der Waals surface area (Å²) in [6, 6.07) is 8.08. The van der Waals surface area contributed by atoms with E-state index in [1.165, 1.54) is 11.1 Å². The van der Waals surface area contributed by atoms with Gasteiger partial charge in [-0.1, -0.05) is 19.1 Å². The SMILES string of the molecule is CCc1cnccc1C(=O)CCc1ccc2c(c1)CCO2. The highest BCUT2D eigenvalue weighted by molar-refractivity contribution is 5.97. The van der Waals surface area contributed by atoms with Crippen molar-refractivity contribution in [2.45, 2.75) is 32.6 Å². The number of carbonyl (C=O) groups excluding carboxylic acids is 1. The number of rotatable bonds is 5. The highest BCUT2D eigenvalue weighted by atomic mass is 16.5. The molecule has 0 atom stereocenters. The lowest BCUT2D eigenvalue weighted by atomic mass is 9.98. The molecular weight excluding hydrogens is 262 g/mol. The van der Waals surface area contributed by atoms with Crippen LogP contribution in [0.4, 0.5) is 0 Å². The molecule has 0 N–H and O–H groups in total. The largest absolute Gasteiger partial charge is 0.493 e. The molecule has 0 spiro atoms. The molecule has 0 aliphatic carbocycles. The zero-order chi connectivity index (χ0) is 14.7. The summed E-state index contributed by atoms with van der Waals surface area (Å²) >= 11 is 0. The maximum atomic E-state index is 12.4. The van der Waals surface area contributed by atoms with Crippen molar-refractivity contribution in [2.24, 2.45) is 0 Å². The fourth-order valence-electron chi connectivity index (χ4n) is 2.77. The first kappa shape index (κ1) is 13.8. The first-order valence-electron chi connectivity index (χ1n) is 7.48. The van der Waals surface area contributed by atoms with Gasteiger partial charge in [-0.05, 0) is 41.7 Å². The maximum Gasteiger partial charge on any atom is 0.163 e. The third kappa shape index (κ3) is 2.97. The summed E-state index contributed by atoms with van der Waals surface area (Å²) in [5.41, 5.74) is 4.32. The standard InChI is InChI=1S/C18H19NO2/c1-2-14-12-19-9-7-16(14)17(20)5-3-13-4-6-18-15(11-13)8-10-21-18/h4,6-7,9,11-12H,2-3,5,8,10H2,1H3. The van der Waals surface area contributed by atoms with Gasteiger partial charge in [0.25, 0.3) is 0 Å². The topological polar surface area (TPSA) is 39.2 Å². The van der Waals surface area contributed by atoms with E-state index in [1.54, 1.807) is 12.4 Å². The average Bonchev–Trinajstić information content (AvgIpc) is 3.00.